The zero-order valence-corrected chi connectivity index (χ0v) is 15.0. The standard InChI is InChI=1S/C21H17NO6/c1-26-18-6-3-2-5-16(18)17(23)13-28-21(25)14-8-10-15(11-9-14)22-20(24)19-7-4-12-27-19/h2-12H,13H2,1H3,(H,22,24). The number of methoxy groups -OCH3 is 1. The van der Waals surface area contributed by atoms with Crippen LogP contribution in [0.25, 0.3) is 0 Å². The molecule has 0 atom stereocenters. The van der Waals surface area contributed by atoms with Gasteiger partial charge in [0.2, 0.25) is 5.78 Å². The van der Waals surface area contributed by atoms with Gasteiger partial charge in [0, 0.05) is 5.69 Å². The molecule has 142 valence electrons. The Hall–Kier alpha value is -3.87. The van der Waals surface area contributed by atoms with Gasteiger partial charge in [-0.25, -0.2) is 4.79 Å². The Balaban J connectivity index is 1.57. The fourth-order valence-electron chi connectivity index (χ4n) is 2.46. The zero-order chi connectivity index (χ0) is 19.9. The predicted molar refractivity (Wildman–Crippen MR) is 101 cm³/mol. The van der Waals surface area contributed by atoms with E-state index >= 15 is 0 Å². The summed E-state index contributed by atoms with van der Waals surface area (Å²) in [5, 5.41) is 2.64. The molecule has 7 nitrogen and oxygen atoms in total. The quantitative estimate of drug-likeness (QED) is 0.498. The van der Waals surface area contributed by atoms with E-state index in [4.69, 9.17) is 13.9 Å². The first-order chi connectivity index (χ1) is 13.6. The molecule has 0 radical (unpaired) electrons. The highest BCUT2D eigenvalue weighted by atomic mass is 16.5. The molecule has 3 aromatic rings. The second-order valence-electron chi connectivity index (χ2n) is 5.71. The number of hydrogen-bond acceptors (Lipinski definition) is 6. The first kappa shape index (κ1) is 18.9. The first-order valence-electron chi connectivity index (χ1n) is 8.36. The third-order valence-corrected chi connectivity index (χ3v) is 3.87. The summed E-state index contributed by atoms with van der Waals surface area (Å²) in [4.78, 5) is 36.3. The number of ether oxygens (including phenoxy) is 2. The van der Waals surface area contributed by atoms with E-state index in [2.05, 4.69) is 5.32 Å². The number of furan rings is 1. The van der Waals surface area contributed by atoms with Crippen molar-refractivity contribution >= 4 is 23.3 Å². The molecule has 0 aliphatic carbocycles. The normalized spacial score (nSPS) is 10.2. The number of nitrogens with one attached hydrogen (secondary N) is 1. The second kappa shape index (κ2) is 8.68. The first-order valence-corrected chi connectivity index (χ1v) is 8.36. The van der Waals surface area contributed by atoms with Crippen LogP contribution in [0.2, 0.25) is 0 Å². The molecule has 1 N–H and O–H groups in total. The molecule has 1 heterocycles. The molecule has 0 bridgehead atoms. The summed E-state index contributed by atoms with van der Waals surface area (Å²) in [6.45, 7) is -0.407. The molecule has 0 aliphatic rings. The van der Waals surface area contributed by atoms with Gasteiger partial charge >= 0.3 is 5.97 Å². The number of Topliss-reactive ketones (excluding diaryl/α,β-unsaturated/α-hetero) is 1. The van der Waals surface area contributed by atoms with Crippen molar-refractivity contribution in [2.24, 2.45) is 0 Å². The molecule has 1 aromatic heterocycles. The number of hydrogen-bond donors (Lipinski definition) is 1. The highest BCUT2D eigenvalue weighted by Crippen LogP contribution is 2.18. The van der Waals surface area contributed by atoms with Crippen LogP contribution in [0.15, 0.2) is 71.3 Å². The van der Waals surface area contributed by atoms with Crippen LogP contribution in [0.5, 0.6) is 5.75 Å². The fraction of sp³-hybridized carbons (Fsp3) is 0.0952. The molecular formula is C21H17NO6. The number of benzene rings is 2. The van der Waals surface area contributed by atoms with Crippen molar-refractivity contribution in [1.29, 1.82) is 0 Å². The molecule has 0 saturated heterocycles. The maximum absolute atomic E-state index is 12.2. The van der Waals surface area contributed by atoms with E-state index in [1.54, 1.807) is 48.5 Å². The maximum Gasteiger partial charge on any atom is 0.338 e. The Bertz CT molecular complexity index is 976. The Labute approximate surface area is 160 Å². The van der Waals surface area contributed by atoms with Gasteiger partial charge in [-0.3, -0.25) is 9.59 Å². The van der Waals surface area contributed by atoms with Gasteiger partial charge < -0.3 is 19.2 Å². The van der Waals surface area contributed by atoms with Crippen LogP contribution in [0, 0.1) is 0 Å². The Morgan fingerprint density at radius 3 is 2.39 bits per heavy atom. The second-order valence-corrected chi connectivity index (χ2v) is 5.71. The van der Waals surface area contributed by atoms with E-state index in [0.29, 0.717) is 17.0 Å². The summed E-state index contributed by atoms with van der Waals surface area (Å²) >= 11 is 0. The van der Waals surface area contributed by atoms with E-state index < -0.39 is 18.5 Å². The van der Waals surface area contributed by atoms with Crippen molar-refractivity contribution in [2.45, 2.75) is 0 Å². The van der Waals surface area contributed by atoms with Crippen LogP contribution in [0.3, 0.4) is 0 Å². The molecule has 3 rings (SSSR count). The largest absolute Gasteiger partial charge is 0.496 e. The SMILES string of the molecule is COc1ccccc1C(=O)COC(=O)c1ccc(NC(=O)c2ccco2)cc1. The van der Waals surface area contributed by atoms with Gasteiger partial charge in [-0.15, -0.1) is 0 Å². The minimum absolute atomic E-state index is 0.179. The van der Waals surface area contributed by atoms with Crippen LogP contribution in [0.4, 0.5) is 5.69 Å². The van der Waals surface area contributed by atoms with Crippen molar-refractivity contribution in [1.82, 2.24) is 0 Å². The van der Waals surface area contributed by atoms with E-state index in [1.165, 1.54) is 25.5 Å². The summed E-state index contributed by atoms with van der Waals surface area (Å²) in [6, 6.07) is 16.0. The molecule has 0 saturated carbocycles. The zero-order valence-electron chi connectivity index (χ0n) is 15.0. The van der Waals surface area contributed by atoms with Gasteiger partial charge in [0.1, 0.15) is 5.75 Å². The Kier molecular flexibility index (Phi) is 5.86. The fourth-order valence-corrected chi connectivity index (χ4v) is 2.46. The van der Waals surface area contributed by atoms with Gasteiger partial charge in [0.05, 0.1) is 24.5 Å². The highest BCUT2D eigenvalue weighted by molar-refractivity contribution is 6.03. The van der Waals surface area contributed by atoms with Crippen molar-refractivity contribution < 1.29 is 28.3 Å². The van der Waals surface area contributed by atoms with Crippen LogP contribution >= 0.6 is 0 Å². The van der Waals surface area contributed by atoms with Crippen molar-refractivity contribution in [3.8, 4) is 5.75 Å². The lowest BCUT2D eigenvalue weighted by Crippen LogP contribution is -2.15. The Morgan fingerprint density at radius 1 is 0.964 bits per heavy atom. The van der Waals surface area contributed by atoms with E-state index in [1.807, 2.05) is 0 Å². The number of carbonyl (C=O) groups excluding carboxylic acids is 3. The summed E-state index contributed by atoms with van der Waals surface area (Å²) in [5.41, 5.74) is 1.08. The number of carbonyl (C=O) groups is 3. The number of anilines is 1. The minimum atomic E-state index is -0.646. The van der Waals surface area contributed by atoms with Gasteiger partial charge in [0.25, 0.3) is 5.91 Å². The molecule has 0 aliphatic heterocycles. The van der Waals surface area contributed by atoms with E-state index in [0.717, 1.165) is 0 Å². The topological polar surface area (TPSA) is 94.8 Å². The van der Waals surface area contributed by atoms with Gasteiger partial charge in [-0.05, 0) is 48.5 Å². The molecule has 0 fully saturated rings. The van der Waals surface area contributed by atoms with Crippen molar-refractivity contribution in [3.05, 3.63) is 83.8 Å². The summed E-state index contributed by atoms with van der Waals surface area (Å²) in [7, 11) is 1.46. The smallest absolute Gasteiger partial charge is 0.338 e. The lowest BCUT2D eigenvalue weighted by molar-refractivity contribution is 0.0474. The van der Waals surface area contributed by atoms with Crippen molar-refractivity contribution in [2.75, 3.05) is 19.0 Å². The number of esters is 1. The predicted octanol–water partition coefficient (Wildman–Crippen LogP) is 3.58. The third-order valence-electron chi connectivity index (χ3n) is 3.87. The molecular weight excluding hydrogens is 362 g/mol. The van der Waals surface area contributed by atoms with Crippen LogP contribution in [0.1, 0.15) is 31.3 Å². The lowest BCUT2D eigenvalue weighted by atomic mass is 10.1. The van der Waals surface area contributed by atoms with Crippen LogP contribution < -0.4 is 10.1 Å². The van der Waals surface area contributed by atoms with E-state index in [-0.39, 0.29) is 17.1 Å². The number of ketones is 1. The monoisotopic (exact) mass is 379 g/mol. The number of amides is 1. The third kappa shape index (κ3) is 4.45. The molecule has 0 unspecified atom stereocenters. The van der Waals surface area contributed by atoms with Crippen LogP contribution in [-0.4, -0.2) is 31.4 Å². The van der Waals surface area contributed by atoms with Gasteiger partial charge in [-0.1, -0.05) is 12.1 Å². The molecule has 0 spiro atoms. The highest BCUT2D eigenvalue weighted by Gasteiger charge is 2.15. The molecule has 28 heavy (non-hydrogen) atoms. The van der Waals surface area contributed by atoms with Crippen molar-refractivity contribution in [3.63, 3.8) is 0 Å². The minimum Gasteiger partial charge on any atom is -0.496 e. The lowest BCUT2D eigenvalue weighted by Gasteiger charge is -2.08. The van der Waals surface area contributed by atoms with E-state index in [9.17, 15) is 14.4 Å². The maximum atomic E-state index is 12.2. The number of rotatable bonds is 7. The average molecular weight is 379 g/mol. The van der Waals surface area contributed by atoms with Crippen LogP contribution in [-0.2, 0) is 4.74 Å². The van der Waals surface area contributed by atoms with Gasteiger partial charge in [0.15, 0.2) is 12.4 Å². The molecule has 1 amide bonds. The average Bonchev–Trinajstić information content (AvgIpc) is 3.27. The number of para-hydroxylation sites is 1. The Morgan fingerprint density at radius 2 is 1.71 bits per heavy atom. The summed E-state index contributed by atoms with van der Waals surface area (Å²) in [5.74, 6) is -0.818. The molecule has 7 heteroatoms. The summed E-state index contributed by atoms with van der Waals surface area (Å²) in [6.07, 6.45) is 1.40. The summed E-state index contributed by atoms with van der Waals surface area (Å²) < 4.78 is 15.2. The molecule has 2 aromatic carbocycles. The van der Waals surface area contributed by atoms with Gasteiger partial charge in [-0.2, -0.15) is 0 Å².